The van der Waals surface area contributed by atoms with Gasteiger partial charge in [-0.2, -0.15) is 0 Å². The number of aliphatic imine (C=N–C) groups is 1. The van der Waals surface area contributed by atoms with Gasteiger partial charge >= 0.3 is 0 Å². The quantitative estimate of drug-likeness (QED) is 0.575. The molecular formula is C17H26F2N4O2S. The Balaban J connectivity index is 1.87. The Hall–Kier alpha value is -1.74. The maximum atomic E-state index is 13.3. The molecule has 0 atom stereocenters. The highest BCUT2D eigenvalue weighted by Gasteiger charge is 2.24. The van der Waals surface area contributed by atoms with E-state index in [9.17, 15) is 17.2 Å². The molecule has 9 heteroatoms. The summed E-state index contributed by atoms with van der Waals surface area (Å²) in [5, 5.41) is 6.36. The number of guanidine groups is 1. The van der Waals surface area contributed by atoms with E-state index in [1.54, 1.807) is 0 Å². The lowest BCUT2D eigenvalue weighted by molar-refractivity contribution is 0.275. The van der Waals surface area contributed by atoms with Crippen LogP contribution in [0.3, 0.4) is 0 Å². The third kappa shape index (κ3) is 6.21. The molecule has 1 aliphatic heterocycles. The van der Waals surface area contributed by atoms with Gasteiger partial charge in [0, 0.05) is 26.2 Å². The first-order valence-electron chi connectivity index (χ1n) is 8.70. The monoisotopic (exact) mass is 388 g/mol. The summed E-state index contributed by atoms with van der Waals surface area (Å²) in [4.78, 5) is 4.39. The molecule has 1 heterocycles. The lowest BCUT2D eigenvalue weighted by Crippen LogP contribution is -2.44. The first-order valence-corrected chi connectivity index (χ1v) is 10.6. The fourth-order valence-corrected chi connectivity index (χ4v) is 3.71. The number of piperidine rings is 1. The van der Waals surface area contributed by atoms with Gasteiger partial charge in [-0.15, -0.1) is 0 Å². The number of halogens is 2. The van der Waals surface area contributed by atoms with Gasteiger partial charge in [-0.1, -0.05) is 6.07 Å². The molecule has 0 aromatic heterocycles. The summed E-state index contributed by atoms with van der Waals surface area (Å²) < 4.78 is 50.8. The van der Waals surface area contributed by atoms with Gasteiger partial charge in [0.05, 0.1) is 12.8 Å². The number of hydrogen-bond donors (Lipinski definition) is 2. The third-order valence-corrected chi connectivity index (χ3v) is 5.65. The van der Waals surface area contributed by atoms with Crippen molar-refractivity contribution in [3.05, 3.63) is 35.4 Å². The van der Waals surface area contributed by atoms with Gasteiger partial charge < -0.3 is 10.6 Å². The Morgan fingerprint density at radius 1 is 1.23 bits per heavy atom. The topological polar surface area (TPSA) is 73.8 Å². The second-order valence-corrected chi connectivity index (χ2v) is 8.41. The van der Waals surface area contributed by atoms with E-state index >= 15 is 0 Å². The standard InChI is InChI=1S/C17H26F2N4O2S/c1-3-20-17(22-12-14-4-5-15(18)16(19)10-14)21-11-13-6-8-23(9-7-13)26(2,24)25/h4-5,10,13H,3,6-9,11-12H2,1-2H3,(H2,20,21,22). The van der Waals surface area contributed by atoms with Crippen LogP contribution in [0.5, 0.6) is 0 Å². The molecule has 0 spiro atoms. The van der Waals surface area contributed by atoms with Crippen molar-refractivity contribution in [2.24, 2.45) is 10.9 Å². The molecule has 0 amide bonds. The van der Waals surface area contributed by atoms with E-state index in [0.29, 0.717) is 43.6 Å². The Bertz CT molecular complexity index is 732. The summed E-state index contributed by atoms with van der Waals surface area (Å²) in [7, 11) is -3.12. The average Bonchev–Trinajstić information content (AvgIpc) is 2.60. The SMILES string of the molecule is CCNC(=NCc1ccc(F)c(F)c1)NCC1CCN(S(C)(=O)=O)CC1. The molecule has 0 bridgehead atoms. The van der Waals surface area contributed by atoms with Crippen LogP contribution in [0.4, 0.5) is 8.78 Å². The van der Waals surface area contributed by atoms with Crippen LogP contribution in [0.2, 0.25) is 0 Å². The largest absolute Gasteiger partial charge is 0.357 e. The zero-order valence-electron chi connectivity index (χ0n) is 15.1. The molecule has 1 aromatic rings. The molecule has 146 valence electrons. The van der Waals surface area contributed by atoms with Crippen molar-refractivity contribution in [2.45, 2.75) is 26.3 Å². The number of nitrogens with one attached hydrogen (secondary N) is 2. The molecule has 2 rings (SSSR count). The van der Waals surface area contributed by atoms with Gasteiger partial charge in [-0.3, -0.25) is 0 Å². The maximum Gasteiger partial charge on any atom is 0.211 e. The van der Waals surface area contributed by atoms with Crippen molar-refractivity contribution in [2.75, 3.05) is 32.4 Å². The highest BCUT2D eigenvalue weighted by atomic mass is 32.2. The summed E-state index contributed by atoms with van der Waals surface area (Å²) in [6.45, 7) is 4.61. The molecule has 0 unspecified atom stereocenters. The second-order valence-electron chi connectivity index (χ2n) is 6.43. The maximum absolute atomic E-state index is 13.3. The van der Waals surface area contributed by atoms with Crippen LogP contribution in [0.25, 0.3) is 0 Å². The zero-order chi connectivity index (χ0) is 19.2. The number of benzene rings is 1. The van der Waals surface area contributed by atoms with Gasteiger partial charge in [0.15, 0.2) is 17.6 Å². The predicted octanol–water partition coefficient (Wildman–Crippen LogP) is 1.69. The molecule has 1 aromatic carbocycles. The number of rotatable bonds is 6. The van der Waals surface area contributed by atoms with Crippen molar-refractivity contribution in [1.29, 1.82) is 0 Å². The van der Waals surface area contributed by atoms with E-state index in [1.807, 2.05) is 6.92 Å². The molecule has 1 saturated heterocycles. The van der Waals surface area contributed by atoms with Crippen molar-refractivity contribution >= 4 is 16.0 Å². The Labute approximate surface area is 153 Å². The van der Waals surface area contributed by atoms with Gasteiger partial charge in [0.2, 0.25) is 10.0 Å². The number of hydrogen-bond acceptors (Lipinski definition) is 3. The summed E-state index contributed by atoms with van der Waals surface area (Å²) >= 11 is 0. The number of nitrogens with zero attached hydrogens (tertiary/aromatic N) is 2. The van der Waals surface area contributed by atoms with Gasteiger partial charge in [0.25, 0.3) is 0 Å². The average molecular weight is 388 g/mol. The molecule has 2 N–H and O–H groups in total. The Kier molecular flexibility index (Phi) is 7.33. The molecular weight excluding hydrogens is 362 g/mol. The lowest BCUT2D eigenvalue weighted by atomic mass is 9.98. The van der Waals surface area contributed by atoms with Gasteiger partial charge in [0.1, 0.15) is 0 Å². The van der Waals surface area contributed by atoms with Gasteiger partial charge in [-0.05, 0) is 43.4 Å². The van der Waals surface area contributed by atoms with E-state index in [4.69, 9.17) is 0 Å². The van der Waals surface area contributed by atoms with Crippen LogP contribution >= 0.6 is 0 Å². The molecule has 1 aliphatic rings. The van der Waals surface area contributed by atoms with Gasteiger partial charge in [-0.25, -0.2) is 26.5 Å². The van der Waals surface area contributed by atoms with E-state index in [2.05, 4.69) is 15.6 Å². The molecule has 1 fully saturated rings. The van der Waals surface area contributed by atoms with Crippen LogP contribution in [0.15, 0.2) is 23.2 Å². The minimum Gasteiger partial charge on any atom is -0.357 e. The first-order chi connectivity index (χ1) is 12.3. The number of sulfonamides is 1. The van der Waals surface area contributed by atoms with Crippen LogP contribution in [-0.2, 0) is 16.6 Å². The van der Waals surface area contributed by atoms with Crippen molar-refractivity contribution in [3.63, 3.8) is 0 Å². The van der Waals surface area contributed by atoms with Crippen molar-refractivity contribution in [3.8, 4) is 0 Å². The third-order valence-electron chi connectivity index (χ3n) is 4.35. The van der Waals surface area contributed by atoms with Crippen molar-refractivity contribution < 1.29 is 17.2 Å². The zero-order valence-corrected chi connectivity index (χ0v) is 16.0. The summed E-state index contributed by atoms with van der Waals surface area (Å²) in [6.07, 6.45) is 2.82. The highest BCUT2D eigenvalue weighted by molar-refractivity contribution is 7.88. The Morgan fingerprint density at radius 3 is 2.50 bits per heavy atom. The summed E-state index contributed by atoms with van der Waals surface area (Å²) in [6, 6.07) is 3.74. The second kappa shape index (κ2) is 9.27. The summed E-state index contributed by atoms with van der Waals surface area (Å²) in [5.41, 5.74) is 0.586. The predicted molar refractivity (Wildman–Crippen MR) is 98.3 cm³/mol. The fraction of sp³-hybridized carbons (Fsp3) is 0.588. The van der Waals surface area contributed by atoms with Crippen LogP contribution < -0.4 is 10.6 Å². The lowest BCUT2D eigenvalue weighted by Gasteiger charge is -2.30. The molecule has 6 nitrogen and oxygen atoms in total. The van der Waals surface area contributed by atoms with Crippen LogP contribution in [0, 0.1) is 17.6 Å². The van der Waals surface area contributed by atoms with E-state index in [0.717, 1.165) is 25.0 Å². The van der Waals surface area contributed by atoms with E-state index in [1.165, 1.54) is 16.6 Å². The highest BCUT2D eigenvalue weighted by Crippen LogP contribution is 2.18. The minimum absolute atomic E-state index is 0.235. The Morgan fingerprint density at radius 2 is 1.92 bits per heavy atom. The van der Waals surface area contributed by atoms with Crippen LogP contribution in [0.1, 0.15) is 25.3 Å². The molecule has 0 aliphatic carbocycles. The normalized spacial score (nSPS) is 17.3. The smallest absolute Gasteiger partial charge is 0.211 e. The molecule has 0 radical (unpaired) electrons. The molecule has 0 saturated carbocycles. The van der Waals surface area contributed by atoms with Crippen molar-refractivity contribution in [1.82, 2.24) is 14.9 Å². The van der Waals surface area contributed by atoms with Crippen LogP contribution in [-0.4, -0.2) is 51.1 Å². The first kappa shape index (κ1) is 20.6. The summed E-state index contributed by atoms with van der Waals surface area (Å²) in [5.74, 6) is -0.792. The van der Waals surface area contributed by atoms with E-state index in [-0.39, 0.29) is 6.54 Å². The fourth-order valence-electron chi connectivity index (χ4n) is 2.84. The minimum atomic E-state index is -3.12. The molecule has 26 heavy (non-hydrogen) atoms. The van der Waals surface area contributed by atoms with E-state index < -0.39 is 21.7 Å².